The fourth-order valence-corrected chi connectivity index (χ4v) is 2.92. The number of nitrogens with one attached hydrogen (secondary N) is 1. The molecule has 1 aromatic heterocycles. The van der Waals surface area contributed by atoms with Crippen LogP contribution in [0.2, 0.25) is 0 Å². The molecule has 0 bridgehead atoms. The van der Waals surface area contributed by atoms with Crippen LogP contribution in [0.3, 0.4) is 0 Å². The molecule has 3 rings (SSSR count). The molecule has 5 heteroatoms. The summed E-state index contributed by atoms with van der Waals surface area (Å²) in [5.74, 6) is 1.98. The third-order valence-electron chi connectivity index (χ3n) is 4.67. The molecule has 0 saturated heterocycles. The van der Waals surface area contributed by atoms with Crippen molar-refractivity contribution in [2.24, 2.45) is 11.8 Å². The number of fused-ring (bicyclic) bond motifs is 1. The highest BCUT2D eigenvalue weighted by Crippen LogP contribution is 2.50. The summed E-state index contributed by atoms with van der Waals surface area (Å²) in [4.78, 5) is 17.3. The Morgan fingerprint density at radius 2 is 2.38 bits per heavy atom. The van der Waals surface area contributed by atoms with Gasteiger partial charge in [-0.25, -0.2) is 9.48 Å². The summed E-state index contributed by atoms with van der Waals surface area (Å²) >= 11 is 0. The summed E-state index contributed by atoms with van der Waals surface area (Å²) in [7, 11) is 2.10. The van der Waals surface area contributed by atoms with E-state index >= 15 is 0 Å². The number of aromatic nitrogens is 3. The highest BCUT2D eigenvalue weighted by molar-refractivity contribution is 5.68. The molecule has 1 aromatic rings. The lowest BCUT2D eigenvalue weighted by Crippen LogP contribution is -2.26. The number of aromatic amines is 1. The first-order valence-electron chi connectivity index (χ1n) is 7.86. The van der Waals surface area contributed by atoms with Crippen molar-refractivity contribution in [1.29, 1.82) is 0 Å². The maximum absolute atomic E-state index is 12.1. The highest BCUT2D eigenvalue weighted by atomic mass is 16.2. The molecule has 2 unspecified atom stereocenters. The van der Waals surface area contributed by atoms with E-state index in [4.69, 9.17) is 0 Å². The number of nitrogens with zero attached hydrogens (tertiary/aromatic N) is 3. The van der Waals surface area contributed by atoms with Crippen LogP contribution in [0.1, 0.15) is 38.6 Å². The summed E-state index contributed by atoms with van der Waals surface area (Å²) in [5.41, 5.74) is 1.10. The SMILES string of the molecule is CCN(C)CCC(C)n1nc(C2=CC=C[C@@H]3CC23)[nH]c1=O. The molecule has 0 amide bonds. The van der Waals surface area contributed by atoms with E-state index in [1.165, 1.54) is 12.0 Å². The van der Waals surface area contributed by atoms with Crippen LogP contribution in [0.5, 0.6) is 0 Å². The maximum Gasteiger partial charge on any atom is 0.343 e. The van der Waals surface area contributed by atoms with Gasteiger partial charge in [-0.15, -0.1) is 5.10 Å². The Hall–Kier alpha value is -1.62. The lowest BCUT2D eigenvalue weighted by Gasteiger charge is -2.17. The van der Waals surface area contributed by atoms with E-state index in [1.807, 2.05) is 0 Å². The first-order chi connectivity index (χ1) is 10.1. The van der Waals surface area contributed by atoms with Gasteiger partial charge in [-0.3, -0.25) is 4.98 Å². The van der Waals surface area contributed by atoms with Gasteiger partial charge in [0.15, 0.2) is 5.82 Å². The zero-order valence-corrected chi connectivity index (χ0v) is 13.0. The molecule has 1 fully saturated rings. The average molecular weight is 288 g/mol. The molecule has 5 nitrogen and oxygen atoms in total. The van der Waals surface area contributed by atoms with Crippen molar-refractivity contribution in [2.75, 3.05) is 20.1 Å². The Labute approximate surface area is 125 Å². The van der Waals surface area contributed by atoms with Crippen molar-refractivity contribution in [3.63, 3.8) is 0 Å². The molecule has 0 radical (unpaired) electrons. The Morgan fingerprint density at radius 1 is 1.57 bits per heavy atom. The summed E-state index contributed by atoms with van der Waals surface area (Å²) < 4.78 is 1.61. The quantitative estimate of drug-likeness (QED) is 0.872. The highest BCUT2D eigenvalue weighted by Gasteiger charge is 2.40. The molecule has 114 valence electrons. The summed E-state index contributed by atoms with van der Waals surface area (Å²) in [6.07, 6.45) is 8.53. The lowest BCUT2D eigenvalue weighted by molar-refractivity contribution is 0.309. The normalized spacial score (nSPS) is 24.9. The van der Waals surface area contributed by atoms with Gasteiger partial charge in [0, 0.05) is 5.57 Å². The summed E-state index contributed by atoms with van der Waals surface area (Å²) in [6.45, 7) is 6.20. The summed E-state index contributed by atoms with van der Waals surface area (Å²) in [5, 5.41) is 4.54. The molecule has 1 saturated carbocycles. The van der Waals surface area contributed by atoms with Crippen molar-refractivity contribution in [3.8, 4) is 0 Å². The zero-order valence-electron chi connectivity index (χ0n) is 13.0. The molecule has 0 spiro atoms. The van der Waals surface area contributed by atoms with Gasteiger partial charge in [-0.2, -0.15) is 0 Å². The van der Waals surface area contributed by atoms with Crippen LogP contribution < -0.4 is 5.69 Å². The van der Waals surface area contributed by atoms with Gasteiger partial charge in [-0.05, 0) is 51.7 Å². The van der Waals surface area contributed by atoms with Crippen molar-refractivity contribution >= 4 is 5.57 Å². The fourth-order valence-electron chi connectivity index (χ4n) is 2.92. The molecular weight excluding hydrogens is 264 g/mol. The first kappa shape index (κ1) is 14.3. The van der Waals surface area contributed by atoms with Gasteiger partial charge in [0.1, 0.15) is 0 Å². The van der Waals surface area contributed by atoms with Crippen LogP contribution in [0.25, 0.3) is 5.57 Å². The van der Waals surface area contributed by atoms with Gasteiger partial charge in [-0.1, -0.05) is 25.2 Å². The van der Waals surface area contributed by atoms with E-state index in [0.717, 1.165) is 25.3 Å². The second-order valence-corrected chi connectivity index (χ2v) is 6.27. The van der Waals surface area contributed by atoms with E-state index in [1.54, 1.807) is 4.68 Å². The zero-order chi connectivity index (χ0) is 15.0. The second kappa shape index (κ2) is 5.64. The molecule has 2 aliphatic rings. The molecule has 0 aliphatic heterocycles. The van der Waals surface area contributed by atoms with Gasteiger partial charge in [0.25, 0.3) is 0 Å². The molecular formula is C16H24N4O. The van der Waals surface area contributed by atoms with E-state index < -0.39 is 0 Å². The largest absolute Gasteiger partial charge is 0.343 e. The van der Waals surface area contributed by atoms with Crippen LogP contribution in [-0.4, -0.2) is 39.8 Å². The van der Waals surface area contributed by atoms with Crippen molar-refractivity contribution < 1.29 is 0 Å². The molecule has 2 aliphatic carbocycles. The van der Waals surface area contributed by atoms with Gasteiger partial charge >= 0.3 is 5.69 Å². The number of allylic oxidation sites excluding steroid dienone is 4. The second-order valence-electron chi connectivity index (χ2n) is 6.27. The van der Waals surface area contributed by atoms with E-state index in [0.29, 0.717) is 11.8 Å². The topological polar surface area (TPSA) is 53.9 Å². The van der Waals surface area contributed by atoms with Crippen LogP contribution >= 0.6 is 0 Å². The first-order valence-corrected chi connectivity index (χ1v) is 7.86. The number of rotatable bonds is 6. The van der Waals surface area contributed by atoms with Gasteiger partial charge in [0.05, 0.1) is 6.04 Å². The van der Waals surface area contributed by atoms with E-state index in [2.05, 4.69) is 54.1 Å². The van der Waals surface area contributed by atoms with E-state index in [9.17, 15) is 4.79 Å². The van der Waals surface area contributed by atoms with Crippen molar-refractivity contribution in [3.05, 3.63) is 34.5 Å². The number of H-pyrrole nitrogens is 1. The number of hydrogen-bond acceptors (Lipinski definition) is 3. The Balaban J connectivity index is 1.74. The Bertz CT molecular complexity index is 624. The molecule has 1 heterocycles. The minimum atomic E-state index is -0.0932. The Kier molecular flexibility index (Phi) is 3.85. The monoisotopic (exact) mass is 288 g/mol. The van der Waals surface area contributed by atoms with Crippen molar-refractivity contribution in [2.45, 2.75) is 32.7 Å². The van der Waals surface area contributed by atoms with Gasteiger partial charge < -0.3 is 4.90 Å². The van der Waals surface area contributed by atoms with Crippen LogP contribution in [0, 0.1) is 11.8 Å². The van der Waals surface area contributed by atoms with Crippen LogP contribution in [0.4, 0.5) is 0 Å². The predicted molar refractivity (Wildman–Crippen MR) is 84.1 cm³/mol. The number of hydrogen-bond donors (Lipinski definition) is 1. The van der Waals surface area contributed by atoms with Crippen LogP contribution in [-0.2, 0) is 0 Å². The van der Waals surface area contributed by atoms with E-state index in [-0.39, 0.29) is 11.7 Å². The third kappa shape index (κ3) is 2.88. The molecule has 21 heavy (non-hydrogen) atoms. The fraction of sp³-hybridized carbons (Fsp3) is 0.625. The minimum absolute atomic E-state index is 0.0932. The third-order valence-corrected chi connectivity index (χ3v) is 4.67. The molecule has 0 aromatic carbocycles. The average Bonchev–Trinajstić information content (AvgIpc) is 3.19. The van der Waals surface area contributed by atoms with Crippen molar-refractivity contribution in [1.82, 2.24) is 19.7 Å². The lowest BCUT2D eigenvalue weighted by atomic mass is 10.0. The minimum Gasteiger partial charge on any atom is -0.307 e. The summed E-state index contributed by atoms with van der Waals surface area (Å²) in [6, 6.07) is 0.117. The molecule has 3 atom stereocenters. The molecule has 1 N–H and O–H groups in total. The standard InChI is InChI=1S/C16H24N4O/c1-4-19(3)9-8-11(2)20-16(21)17-15(18-20)13-7-5-6-12-10-14(12)13/h5-7,11-12,14H,4,8-10H2,1-3H3,(H,17,18,21)/t11?,12-,14?/m1/s1. The Morgan fingerprint density at radius 3 is 3.14 bits per heavy atom. The van der Waals surface area contributed by atoms with Crippen LogP contribution in [0.15, 0.2) is 23.0 Å². The maximum atomic E-state index is 12.1. The van der Waals surface area contributed by atoms with Gasteiger partial charge in [0.2, 0.25) is 0 Å². The smallest absolute Gasteiger partial charge is 0.307 e. The predicted octanol–water partition coefficient (Wildman–Crippen LogP) is 2.06.